The van der Waals surface area contributed by atoms with E-state index in [1.165, 1.54) is 0 Å². The average molecular weight is 401 g/mol. The number of hydrogen-bond acceptors (Lipinski definition) is 6. The van der Waals surface area contributed by atoms with Crippen LogP contribution in [0.4, 0.5) is 11.6 Å². The van der Waals surface area contributed by atoms with Gasteiger partial charge in [0.05, 0.1) is 18.3 Å². The van der Waals surface area contributed by atoms with Crippen LogP contribution in [0.1, 0.15) is 21.7 Å². The van der Waals surface area contributed by atoms with Gasteiger partial charge in [0.1, 0.15) is 11.6 Å². The number of nitrogens with zero attached hydrogens (tertiary/aromatic N) is 4. The molecular weight excluding hydrogens is 380 g/mol. The molecule has 1 aromatic carbocycles. The molecule has 0 fully saturated rings. The fourth-order valence-electron chi connectivity index (χ4n) is 2.71. The Morgan fingerprint density at radius 3 is 2.54 bits per heavy atom. The zero-order valence-corrected chi connectivity index (χ0v) is 16.3. The maximum atomic E-state index is 12.3. The number of hydrogen-bond donors (Lipinski definition) is 3. The molecule has 1 amide bonds. The number of nitrogens with one attached hydrogen (secondary N) is 2. The van der Waals surface area contributed by atoms with Crippen molar-refractivity contribution in [1.29, 1.82) is 0 Å². The Kier molecular flexibility index (Phi) is 6.23. The van der Waals surface area contributed by atoms with Gasteiger partial charge in [0.25, 0.3) is 5.91 Å². The zero-order chi connectivity index (χ0) is 20.1. The first-order valence-corrected chi connectivity index (χ1v) is 9.10. The van der Waals surface area contributed by atoms with Gasteiger partial charge >= 0.3 is 0 Å². The van der Waals surface area contributed by atoms with E-state index in [2.05, 4.69) is 25.9 Å². The van der Waals surface area contributed by atoms with E-state index in [4.69, 9.17) is 11.6 Å². The molecule has 3 N–H and O–H groups in total. The third-order valence-electron chi connectivity index (χ3n) is 4.11. The first kappa shape index (κ1) is 19.8. The fourth-order valence-corrected chi connectivity index (χ4v) is 2.84. The summed E-state index contributed by atoms with van der Waals surface area (Å²) in [6.07, 6.45) is 0.595. The lowest BCUT2D eigenvalue weighted by Crippen LogP contribution is -2.27. The Morgan fingerprint density at radius 2 is 1.96 bits per heavy atom. The number of rotatable bonds is 7. The molecule has 8 nitrogen and oxygen atoms in total. The lowest BCUT2D eigenvalue weighted by atomic mass is 10.1. The molecule has 0 saturated carbocycles. The molecular formula is C19H21ClN6O2. The molecule has 0 spiro atoms. The lowest BCUT2D eigenvalue weighted by Gasteiger charge is -2.16. The Balaban J connectivity index is 1.61. The molecule has 0 aliphatic carbocycles. The van der Waals surface area contributed by atoms with E-state index < -0.39 is 0 Å². The highest BCUT2D eigenvalue weighted by molar-refractivity contribution is 6.30. The van der Waals surface area contributed by atoms with Crippen LogP contribution >= 0.6 is 11.6 Å². The molecule has 2 heterocycles. The first-order chi connectivity index (χ1) is 13.4. The van der Waals surface area contributed by atoms with Crippen LogP contribution in [-0.2, 0) is 13.5 Å². The predicted molar refractivity (Wildman–Crippen MR) is 108 cm³/mol. The van der Waals surface area contributed by atoms with Crippen molar-refractivity contribution in [3.8, 4) is 0 Å². The Morgan fingerprint density at radius 1 is 1.21 bits per heavy atom. The smallest absolute Gasteiger partial charge is 0.277 e. The van der Waals surface area contributed by atoms with Crippen LogP contribution in [0, 0.1) is 6.92 Å². The van der Waals surface area contributed by atoms with Gasteiger partial charge in [0.15, 0.2) is 5.69 Å². The summed E-state index contributed by atoms with van der Waals surface area (Å²) in [6, 6.07) is 12.2. The van der Waals surface area contributed by atoms with E-state index in [1.807, 2.05) is 31.2 Å². The predicted octanol–water partition coefficient (Wildman–Crippen LogP) is 2.44. The van der Waals surface area contributed by atoms with Crippen molar-refractivity contribution in [1.82, 2.24) is 20.0 Å². The number of carbonyl (C=O) groups is 1. The summed E-state index contributed by atoms with van der Waals surface area (Å²) in [6.45, 7) is 1.77. The van der Waals surface area contributed by atoms with Crippen molar-refractivity contribution in [2.75, 3.05) is 17.2 Å². The van der Waals surface area contributed by atoms with Crippen molar-refractivity contribution in [2.24, 2.45) is 7.05 Å². The van der Waals surface area contributed by atoms with Crippen LogP contribution in [-0.4, -0.2) is 43.6 Å². The highest BCUT2D eigenvalue weighted by atomic mass is 35.5. The average Bonchev–Trinajstić information content (AvgIpc) is 3.00. The Hall–Kier alpha value is -2.97. The number of halogens is 1. The van der Waals surface area contributed by atoms with Gasteiger partial charge < -0.3 is 15.7 Å². The Bertz CT molecular complexity index is 940. The van der Waals surface area contributed by atoms with Gasteiger partial charge in [-0.1, -0.05) is 23.7 Å². The van der Waals surface area contributed by atoms with E-state index in [0.29, 0.717) is 23.1 Å². The van der Waals surface area contributed by atoms with Crippen molar-refractivity contribution < 1.29 is 9.90 Å². The molecule has 0 bridgehead atoms. The summed E-state index contributed by atoms with van der Waals surface area (Å²) in [4.78, 5) is 12.3. The van der Waals surface area contributed by atoms with Crippen LogP contribution in [0.3, 0.4) is 0 Å². The second kappa shape index (κ2) is 8.81. The van der Waals surface area contributed by atoms with Gasteiger partial charge in [-0.15, -0.1) is 10.2 Å². The molecule has 0 radical (unpaired) electrons. The monoisotopic (exact) mass is 400 g/mol. The minimum absolute atomic E-state index is 0.0770. The summed E-state index contributed by atoms with van der Waals surface area (Å²) in [5.41, 5.74) is 2.02. The molecule has 146 valence electrons. The van der Waals surface area contributed by atoms with E-state index in [9.17, 15) is 9.90 Å². The molecule has 0 aliphatic rings. The number of aromatic nitrogens is 4. The lowest BCUT2D eigenvalue weighted by molar-refractivity contribution is 0.102. The number of aryl methyl sites for hydroxylation is 2. The van der Waals surface area contributed by atoms with E-state index in [1.54, 1.807) is 29.9 Å². The minimum atomic E-state index is -0.373. The molecule has 2 aromatic heterocycles. The van der Waals surface area contributed by atoms with Gasteiger partial charge in [-0.25, -0.2) is 0 Å². The molecule has 3 rings (SSSR count). The number of anilines is 2. The molecule has 0 saturated heterocycles. The zero-order valence-electron chi connectivity index (χ0n) is 15.6. The highest BCUT2D eigenvalue weighted by Crippen LogP contribution is 2.14. The van der Waals surface area contributed by atoms with Crippen LogP contribution < -0.4 is 10.6 Å². The second-order valence-corrected chi connectivity index (χ2v) is 6.84. The number of benzene rings is 1. The van der Waals surface area contributed by atoms with E-state index >= 15 is 0 Å². The number of amides is 1. The molecule has 1 unspecified atom stereocenters. The summed E-state index contributed by atoms with van der Waals surface area (Å²) >= 11 is 5.89. The van der Waals surface area contributed by atoms with Crippen molar-refractivity contribution in [3.63, 3.8) is 0 Å². The first-order valence-electron chi connectivity index (χ1n) is 8.72. The van der Waals surface area contributed by atoms with Gasteiger partial charge in [-0.05, 0) is 43.2 Å². The van der Waals surface area contributed by atoms with E-state index in [0.717, 1.165) is 11.3 Å². The van der Waals surface area contributed by atoms with Crippen LogP contribution in [0.5, 0.6) is 0 Å². The molecule has 28 heavy (non-hydrogen) atoms. The molecule has 0 aliphatic heterocycles. The molecule has 1 atom stereocenters. The summed E-state index contributed by atoms with van der Waals surface area (Å²) in [5.74, 6) is 0.678. The second-order valence-electron chi connectivity index (χ2n) is 6.41. The van der Waals surface area contributed by atoms with E-state index in [-0.39, 0.29) is 24.2 Å². The van der Waals surface area contributed by atoms with Gasteiger partial charge in [0.2, 0.25) is 0 Å². The number of aliphatic hydroxyl groups is 1. The van der Waals surface area contributed by atoms with Gasteiger partial charge in [0, 0.05) is 18.1 Å². The number of aliphatic hydroxyl groups excluding tert-OH is 1. The van der Waals surface area contributed by atoms with Crippen LogP contribution in [0.25, 0.3) is 0 Å². The standard InChI is InChI=1S/C19H21ClN6O2/c1-12-9-18(26(2)25-12)22-19(28)16-7-8-17(24-23-16)21-15(11-27)10-13-3-5-14(20)6-4-13/h3-9,15,27H,10-11H2,1-2H3,(H,21,24)(H,22,28). The topological polar surface area (TPSA) is 105 Å². The third-order valence-corrected chi connectivity index (χ3v) is 4.36. The van der Waals surface area contributed by atoms with Crippen molar-refractivity contribution >= 4 is 29.1 Å². The largest absolute Gasteiger partial charge is 0.394 e. The molecule has 3 aromatic rings. The van der Waals surface area contributed by atoms with Crippen LogP contribution in [0.2, 0.25) is 5.02 Å². The fraction of sp³-hybridized carbons (Fsp3) is 0.263. The minimum Gasteiger partial charge on any atom is -0.394 e. The molecule has 9 heteroatoms. The SMILES string of the molecule is Cc1cc(NC(=O)c2ccc(NC(CO)Cc3ccc(Cl)cc3)nn2)n(C)n1. The van der Waals surface area contributed by atoms with Crippen molar-refractivity contribution in [3.05, 3.63) is 64.4 Å². The highest BCUT2D eigenvalue weighted by Gasteiger charge is 2.13. The Labute approximate surface area is 167 Å². The third kappa shape index (κ3) is 5.05. The maximum Gasteiger partial charge on any atom is 0.277 e. The quantitative estimate of drug-likeness (QED) is 0.562. The summed E-state index contributed by atoms with van der Waals surface area (Å²) in [5, 5.41) is 28.3. The summed E-state index contributed by atoms with van der Waals surface area (Å²) in [7, 11) is 1.75. The number of carbonyl (C=O) groups excluding carboxylic acids is 1. The van der Waals surface area contributed by atoms with Crippen molar-refractivity contribution in [2.45, 2.75) is 19.4 Å². The van der Waals surface area contributed by atoms with Gasteiger partial charge in [-0.3, -0.25) is 9.48 Å². The normalized spacial score (nSPS) is 11.9. The van der Waals surface area contributed by atoms with Gasteiger partial charge in [-0.2, -0.15) is 5.10 Å². The van der Waals surface area contributed by atoms with Crippen LogP contribution in [0.15, 0.2) is 42.5 Å². The maximum absolute atomic E-state index is 12.3. The summed E-state index contributed by atoms with van der Waals surface area (Å²) < 4.78 is 1.58.